The van der Waals surface area contributed by atoms with Crippen molar-refractivity contribution in [3.63, 3.8) is 0 Å². The molecule has 0 radical (unpaired) electrons. The lowest BCUT2D eigenvalue weighted by Gasteiger charge is -2.43. The number of rotatable bonds is 17. The number of anilines is 1. The number of carbonyl (C=O) groups excluding carboxylic acids is 2. The number of halogens is 1. The van der Waals surface area contributed by atoms with Gasteiger partial charge < -0.3 is 28.6 Å². The molecule has 0 bridgehead atoms. The number of fused-ring (bicyclic) bond motifs is 2. The Labute approximate surface area is 354 Å². The van der Waals surface area contributed by atoms with Gasteiger partial charge in [0.05, 0.1) is 36.9 Å². The third kappa shape index (κ3) is 12.5. The Balaban J connectivity index is 1.33. The minimum Gasteiger partial charge on any atom is -0.491 e. The fourth-order valence-electron chi connectivity index (χ4n) is 8.02. The molecule has 3 aliphatic rings. The van der Waals surface area contributed by atoms with Gasteiger partial charge in [-0.2, -0.15) is 0 Å². The summed E-state index contributed by atoms with van der Waals surface area (Å²) in [5.74, 6) is -0.108. The highest BCUT2D eigenvalue weighted by atomic mass is 35.5. The quantitative estimate of drug-likeness (QED) is 0.136. The van der Waals surface area contributed by atoms with E-state index >= 15 is 0 Å². The van der Waals surface area contributed by atoms with Crippen molar-refractivity contribution >= 4 is 39.0 Å². The van der Waals surface area contributed by atoms with Gasteiger partial charge in [-0.25, -0.2) is 4.21 Å². The molecule has 2 amide bonds. The maximum absolute atomic E-state index is 14.9. The number of ether oxygens (including phenoxy) is 5. The molecular weight excluding hydrogens is 794 g/mol. The van der Waals surface area contributed by atoms with Crippen LogP contribution in [0, 0.1) is 17.8 Å². The lowest BCUT2D eigenvalue weighted by molar-refractivity contribution is -0.128. The first-order valence-electron chi connectivity index (χ1n) is 20.9. The summed E-state index contributed by atoms with van der Waals surface area (Å²) in [5, 5.41) is 5.09. The molecule has 13 nitrogen and oxygen atoms in total. The molecule has 322 valence electrons. The van der Waals surface area contributed by atoms with Crippen LogP contribution in [0.3, 0.4) is 0 Å². The first-order valence-corrected chi connectivity index (χ1v) is 23.0. The second kappa shape index (κ2) is 21.5. The highest BCUT2D eigenvalue weighted by Gasteiger charge is 2.37. The molecule has 3 heterocycles. The van der Waals surface area contributed by atoms with E-state index in [9.17, 15) is 13.8 Å². The molecule has 6 rings (SSSR count). The Kier molecular flexibility index (Phi) is 16.3. The van der Waals surface area contributed by atoms with E-state index < -0.39 is 27.6 Å². The second-order valence-electron chi connectivity index (χ2n) is 15.8. The number of allylic oxidation sites excluding steroid dienone is 1. The van der Waals surface area contributed by atoms with E-state index in [4.69, 9.17) is 35.3 Å². The third-order valence-corrected chi connectivity index (χ3v) is 13.7. The van der Waals surface area contributed by atoms with Gasteiger partial charge in [0.1, 0.15) is 22.3 Å². The number of hydrogen-bond acceptors (Lipinski definition) is 10. The summed E-state index contributed by atoms with van der Waals surface area (Å²) in [7, 11) is -1.95. The largest absolute Gasteiger partial charge is 0.491 e. The van der Waals surface area contributed by atoms with Gasteiger partial charge in [0, 0.05) is 68.7 Å². The molecule has 2 fully saturated rings. The van der Waals surface area contributed by atoms with Crippen LogP contribution < -0.4 is 19.1 Å². The van der Waals surface area contributed by atoms with E-state index in [0.29, 0.717) is 87.2 Å². The minimum atomic E-state index is -3.71. The monoisotopic (exact) mass is 853 g/mol. The third-order valence-electron chi connectivity index (χ3n) is 11.6. The summed E-state index contributed by atoms with van der Waals surface area (Å²) in [5.41, 5.74) is 3.32. The average Bonchev–Trinajstić information content (AvgIpc) is 3.68. The van der Waals surface area contributed by atoms with Gasteiger partial charge in [-0.3, -0.25) is 19.0 Å². The molecule has 1 aromatic heterocycles. The molecule has 2 aromatic carbocycles. The molecule has 15 heteroatoms. The molecule has 0 unspecified atom stereocenters. The maximum atomic E-state index is 14.9. The van der Waals surface area contributed by atoms with Crippen LogP contribution in [0.4, 0.5) is 5.69 Å². The molecule has 3 aromatic rings. The summed E-state index contributed by atoms with van der Waals surface area (Å²) in [4.78, 5) is 30.0. The Morgan fingerprint density at radius 1 is 1.10 bits per heavy atom. The molecule has 1 N–H and O–H groups in total. The molecule has 0 spiro atoms. The molecule has 2 aliphatic heterocycles. The van der Waals surface area contributed by atoms with Crippen LogP contribution >= 0.6 is 11.6 Å². The Bertz CT molecular complexity index is 2010. The van der Waals surface area contributed by atoms with Crippen LogP contribution in [0.25, 0.3) is 0 Å². The van der Waals surface area contributed by atoms with Crippen molar-refractivity contribution in [1.29, 1.82) is 0 Å². The van der Waals surface area contributed by atoms with E-state index in [1.165, 1.54) is 5.56 Å². The van der Waals surface area contributed by atoms with Gasteiger partial charge in [-0.15, -0.1) is 16.0 Å². The summed E-state index contributed by atoms with van der Waals surface area (Å²) in [6, 6.07) is 13.1. The van der Waals surface area contributed by atoms with Crippen molar-refractivity contribution in [3.8, 4) is 11.6 Å². The van der Waals surface area contributed by atoms with Crippen molar-refractivity contribution in [3.05, 3.63) is 83.0 Å². The molecule has 1 aliphatic carbocycles. The Hall–Kier alpha value is -3.95. The number of benzene rings is 2. The highest BCUT2D eigenvalue weighted by Crippen LogP contribution is 2.41. The zero-order valence-corrected chi connectivity index (χ0v) is 36.2. The predicted octanol–water partition coefficient (Wildman–Crippen LogP) is 7.45. The lowest BCUT2D eigenvalue weighted by atomic mass is 9.70. The Morgan fingerprint density at radius 2 is 1.93 bits per heavy atom. The van der Waals surface area contributed by atoms with Crippen molar-refractivity contribution in [2.75, 3.05) is 57.3 Å². The molecular formula is C44H60ClN5O8S. The minimum absolute atomic E-state index is 0.112. The van der Waals surface area contributed by atoms with Gasteiger partial charge in [-0.05, 0) is 119 Å². The summed E-state index contributed by atoms with van der Waals surface area (Å²) in [6.07, 6.45) is 9.96. The number of amides is 2. The number of aryl methyl sites for hydroxylation is 2. The fourth-order valence-corrected chi connectivity index (χ4v) is 10.1. The first kappa shape index (κ1) is 44.6. The number of nitrogens with zero attached hydrogens (tertiary/aromatic N) is 4. The van der Waals surface area contributed by atoms with E-state index in [2.05, 4.69) is 44.7 Å². The summed E-state index contributed by atoms with van der Waals surface area (Å²) >= 11 is 6.50. The number of aromatic nitrogens is 2. The number of carbonyl (C=O) groups is 2. The molecule has 5 atom stereocenters. The number of methoxy groups -OCH3 is 1. The lowest BCUT2D eigenvalue weighted by Crippen LogP contribution is -2.43. The van der Waals surface area contributed by atoms with Crippen LogP contribution in [0.2, 0.25) is 5.02 Å². The number of hydrogen-bond donors (Lipinski definition) is 1. The topological polar surface area (TPSA) is 143 Å². The smallest absolute Gasteiger partial charge is 0.286 e. The summed E-state index contributed by atoms with van der Waals surface area (Å²) < 4.78 is 53.0. The summed E-state index contributed by atoms with van der Waals surface area (Å²) in [6.45, 7) is 11.3. The highest BCUT2D eigenvalue weighted by molar-refractivity contribution is 7.92. The molecule has 1 saturated heterocycles. The van der Waals surface area contributed by atoms with Crippen LogP contribution in [0.5, 0.6) is 11.6 Å². The van der Waals surface area contributed by atoms with E-state index in [1.54, 1.807) is 42.1 Å². The average molecular weight is 855 g/mol. The van der Waals surface area contributed by atoms with Gasteiger partial charge in [-0.1, -0.05) is 23.7 Å². The van der Waals surface area contributed by atoms with E-state index in [1.807, 2.05) is 19.2 Å². The van der Waals surface area contributed by atoms with Crippen LogP contribution in [0.1, 0.15) is 80.3 Å². The second-order valence-corrected chi connectivity index (χ2v) is 18.2. The predicted molar refractivity (Wildman–Crippen MR) is 229 cm³/mol. The normalized spacial score (nSPS) is 20.6. The van der Waals surface area contributed by atoms with E-state index in [0.717, 1.165) is 43.4 Å². The number of nitrogens with one attached hydrogen (secondary N) is 1. The van der Waals surface area contributed by atoms with Crippen molar-refractivity contribution in [2.45, 2.75) is 90.5 Å². The standard InChI is InChI=1S/C44H60ClN5O8S/c1-5-9-32(28-58-43-17-20-50(6-2)46-43)30-59(53,47-42(51)29-57-38-18-22-55-23-19-38)48-44(52)34-13-16-41-40(25-34)49(27-36-12-15-39(36)31(3)54-4)26-35-11-14-37(45)24-33(35)10-7-8-21-56-41/h5,11,13-14,16-17,20,24-25,31-32,36,38-39H,1,6-10,12,15,18-19,21-23,26-30H2,2-4H3,(H,47,48,51,52,53)/t31-,32+,36-,39-,59-/m0/s1. The molecule has 1 saturated carbocycles. The van der Waals surface area contributed by atoms with Gasteiger partial charge >= 0.3 is 0 Å². The fraction of sp³-hybridized carbons (Fsp3) is 0.568. The van der Waals surface area contributed by atoms with Crippen LogP contribution in [-0.2, 0) is 48.4 Å². The van der Waals surface area contributed by atoms with Crippen molar-refractivity contribution in [2.24, 2.45) is 22.1 Å². The molecule has 59 heavy (non-hydrogen) atoms. The van der Waals surface area contributed by atoms with Crippen molar-refractivity contribution in [1.82, 2.24) is 14.5 Å². The zero-order chi connectivity index (χ0) is 41.8. The Morgan fingerprint density at radius 3 is 2.66 bits per heavy atom. The van der Waals surface area contributed by atoms with Crippen molar-refractivity contribution < 1.29 is 37.5 Å². The van der Waals surface area contributed by atoms with Gasteiger partial charge in [0.25, 0.3) is 11.8 Å². The van der Waals surface area contributed by atoms with Gasteiger partial charge in [0.2, 0.25) is 5.88 Å². The van der Waals surface area contributed by atoms with Gasteiger partial charge in [0.15, 0.2) is 0 Å². The maximum Gasteiger partial charge on any atom is 0.286 e. The van der Waals surface area contributed by atoms with E-state index in [-0.39, 0.29) is 36.7 Å². The first-order chi connectivity index (χ1) is 28.6. The van der Waals surface area contributed by atoms with Crippen LogP contribution in [-0.4, -0.2) is 90.5 Å². The zero-order valence-electron chi connectivity index (χ0n) is 34.7. The SMILES string of the molecule is C=CC[C@H](COc1ccn(CC)n1)C[S@@](=O)(=NC(=O)c1ccc2c(c1)N(C[C@@H]1CC[C@H]1[C@H](C)OC)Cc1ccc(Cl)cc1CCCCO2)NC(=O)COC1CCOCC1. The van der Waals surface area contributed by atoms with Crippen LogP contribution in [0.15, 0.2) is 65.7 Å².